The van der Waals surface area contributed by atoms with Gasteiger partial charge in [-0.05, 0) is 65.2 Å². The molecule has 2 saturated carbocycles. The molecule has 2 aliphatic rings. The van der Waals surface area contributed by atoms with Gasteiger partial charge in [0.25, 0.3) is 0 Å². The molecular formula is C14H32Cl2N2O2. The number of hydrogen-bond acceptors (Lipinski definition) is 4. The maximum absolute atomic E-state index is 9.09. The van der Waals surface area contributed by atoms with Crippen molar-refractivity contribution in [3.8, 4) is 0 Å². The van der Waals surface area contributed by atoms with E-state index in [1.165, 1.54) is 0 Å². The Kier molecular flexibility index (Phi) is 10.7. The van der Waals surface area contributed by atoms with Crippen LogP contribution in [-0.2, 0) is 0 Å². The van der Waals surface area contributed by atoms with Crippen LogP contribution >= 0.6 is 24.8 Å². The molecule has 0 aromatic carbocycles. The average Bonchev–Trinajstić information content (AvgIpc) is 2.28. The Hall–Kier alpha value is 0.420. The Morgan fingerprint density at radius 1 is 0.700 bits per heavy atom. The topological polar surface area (TPSA) is 92.5 Å². The van der Waals surface area contributed by atoms with Gasteiger partial charge in [0.1, 0.15) is 0 Å². The van der Waals surface area contributed by atoms with E-state index in [2.05, 4.69) is 13.8 Å². The minimum Gasteiger partial charge on any atom is -0.393 e. The summed E-state index contributed by atoms with van der Waals surface area (Å²) in [6.45, 7) is 4.11. The molecule has 6 heteroatoms. The predicted molar refractivity (Wildman–Crippen MR) is 88.6 cm³/mol. The highest BCUT2D eigenvalue weighted by atomic mass is 35.5. The second-order valence-corrected chi connectivity index (χ2v) is 6.77. The predicted octanol–water partition coefficient (Wildman–Crippen LogP) is 2.12. The summed E-state index contributed by atoms with van der Waals surface area (Å²) in [5, 5.41) is 18.2. The van der Waals surface area contributed by atoms with Gasteiger partial charge in [0.2, 0.25) is 0 Å². The molecule has 0 atom stereocenters. The van der Waals surface area contributed by atoms with Crippen molar-refractivity contribution >= 4 is 24.8 Å². The van der Waals surface area contributed by atoms with Crippen molar-refractivity contribution in [1.82, 2.24) is 0 Å². The summed E-state index contributed by atoms with van der Waals surface area (Å²) in [5.41, 5.74) is 11.7. The zero-order chi connectivity index (χ0) is 13.8. The van der Waals surface area contributed by atoms with Crippen molar-refractivity contribution in [2.24, 2.45) is 11.5 Å². The zero-order valence-electron chi connectivity index (χ0n) is 12.7. The first-order chi connectivity index (χ1) is 8.20. The van der Waals surface area contributed by atoms with Crippen LogP contribution in [0.3, 0.4) is 0 Å². The number of aliphatic hydroxyl groups excluding tert-OH is 2. The van der Waals surface area contributed by atoms with Crippen LogP contribution in [0.5, 0.6) is 0 Å². The van der Waals surface area contributed by atoms with E-state index < -0.39 is 0 Å². The highest BCUT2D eigenvalue weighted by molar-refractivity contribution is 5.85. The van der Waals surface area contributed by atoms with Crippen molar-refractivity contribution in [2.75, 3.05) is 0 Å². The van der Waals surface area contributed by atoms with Gasteiger partial charge in [-0.2, -0.15) is 0 Å². The molecule has 0 unspecified atom stereocenters. The maximum Gasteiger partial charge on any atom is 0.0541 e. The fourth-order valence-corrected chi connectivity index (χ4v) is 2.52. The third-order valence-corrected chi connectivity index (χ3v) is 4.19. The van der Waals surface area contributed by atoms with E-state index in [1.807, 2.05) is 0 Å². The normalized spacial score (nSPS) is 40.5. The molecule has 20 heavy (non-hydrogen) atoms. The monoisotopic (exact) mass is 330 g/mol. The maximum atomic E-state index is 9.09. The van der Waals surface area contributed by atoms with Gasteiger partial charge in [-0.25, -0.2) is 0 Å². The van der Waals surface area contributed by atoms with Gasteiger partial charge in [0.15, 0.2) is 0 Å². The van der Waals surface area contributed by atoms with Gasteiger partial charge in [0, 0.05) is 11.1 Å². The first kappa shape index (κ1) is 22.7. The molecule has 0 amide bonds. The van der Waals surface area contributed by atoms with Crippen LogP contribution < -0.4 is 11.5 Å². The lowest BCUT2D eigenvalue weighted by atomic mass is 9.83. The first-order valence-electron chi connectivity index (χ1n) is 7.14. The molecule has 124 valence electrons. The van der Waals surface area contributed by atoms with Crippen molar-refractivity contribution < 1.29 is 10.2 Å². The summed E-state index contributed by atoms with van der Waals surface area (Å²) in [6, 6.07) is 0. The van der Waals surface area contributed by atoms with Crippen LogP contribution in [0.1, 0.15) is 65.2 Å². The Balaban J connectivity index is 0. The van der Waals surface area contributed by atoms with Gasteiger partial charge in [-0.1, -0.05) is 0 Å². The molecule has 2 fully saturated rings. The highest BCUT2D eigenvalue weighted by Gasteiger charge is 2.26. The largest absolute Gasteiger partial charge is 0.393 e. The Morgan fingerprint density at radius 2 is 0.900 bits per heavy atom. The number of halogens is 2. The lowest BCUT2D eigenvalue weighted by Crippen LogP contribution is -2.41. The van der Waals surface area contributed by atoms with Gasteiger partial charge in [0.05, 0.1) is 12.2 Å². The summed E-state index contributed by atoms with van der Waals surface area (Å²) in [4.78, 5) is 0. The second-order valence-electron chi connectivity index (χ2n) is 6.77. The lowest BCUT2D eigenvalue weighted by molar-refractivity contribution is 0.102. The molecular weight excluding hydrogens is 299 g/mol. The fraction of sp³-hybridized carbons (Fsp3) is 1.00. The summed E-state index contributed by atoms with van der Waals surface area (Å²) < 4.78 is 0. The van der Waals surface area contributed by atoms with Gasteiger partial charge in [-0.15, -0.1) is 24.8 Å². The van der Waals surface area contributed by atoms with E-state index in [1.54, 1.807) is 0 Å². The van der Waals surface area contributed by atoms with Crippen LogP contribution in [0.15, 0.2) is 0 Å². The standard InChI is InChI=1S/2C7H15NO.2ClH/c2*1-7(8)4-2-6(9)3-5-7;;/h2*6,9H,2-5,8H2,1H3;2*1H. The minimum atomic E-state index is -0.0818. The summed E-state index contributed by atoms with van der Waals surface area (Å²) in [6.07, 6.45) is 7.23. The second kappa shape index (κ2) is 9.44. The van der Waals surface area contributed by atoms with Crippen molar-refractivity contribution in [3.05, 3.63) is 0 Å². The fourth-order valence-electron chi connectivity index (χ4n) is 2.52. The number of hydrogen-bond donors (Lipinski definition) is 4. The van der Waals surface area contributed by atoms with Crippen molar-refractivity contribution in [1.29, 1.82) is 0 Å². The molecule has 2 aliphatic carbocycles. The smallest absolute Gasteiger partial charge is 0.0541 e. The summed E-state index contributed by atoms with van der Waals surface area (Å²) in [5.74, 6) is 0. The van der Waals surface area contributed by atoms with E-state index in [-0.39, 0.29) is 48.1 Å². The first-order valence-corrected chi connectivity index (χ1v) is 7.14. The molecule has 0 aromatic rings. The van der Waals surface area contributed by atoms with Crippen LogP contribution in [0.2, 0.25) is 0 Å². The third-order valence-electron chi connectivity index (χ3n) is 4.19. The summed E-state index contributed by atoms with van der Waals surface area (Å²) in [7, 11) is 0. The van der Waals surface area contributed by atoms with Crippen molar-refractivity contribution in [2.45, 2.75) is 88.5 Å². The average molecular weight is 331 g/mol. The quantitative estimate of drug-likeness (QED) is 0.547. The lowest BCUT2D eigenvalue weighted by Gasteiger charge is -2.31. The number of nitrogens with two attached hydrogens (primary N) is 2. The van der Waals surface area contributed by atoms with Gasteiger partial charge in [-0.3, -0.25) is 0 Å². The van der Waals surface area contributed by atoms with Gasteiger partial charge < -0.3 is 21.7 Å². The van der Waals surface area contributed by atoms with Crippen LogP contribution in [0, 0.1) is 0 Å². The van der Waals surface area contributed by atoms with E-state index in [4.69, 9.17) is 21.7 Å². The van der Waals surface area contributed by atoms with Crippen LogP contribution in [0.25, 0.3) is 0 Å². The molecule has 0 saturated heterocycles. The number of aliphatic hydroxyl groups is 2. The van der Waals surface area contributed by atoms with E-state index in [0.29, 0.717) is 0 Å². The SMILES string of the molecule is CC1(N)CCC(O)CC1.CC1(N)CCC(O)CC1.Cl.Cl. The molecule has 0 aromatic heterocycles. The Labute approximate surface area is 135 Å². The molecule has 0 heterocycles. The zero-order valence-corrected chi connectivity index (χ0v) is 14.3. The van der Waals surface area contributed by atoms with E-state index in [0.717, 1.165) is 51.4 Å². The van der Waals surface area contributed by atoms with E-state index in [9.17, 15) is 0 Å². The highest BCUT2D eigenvalue weighted by Crippen LogP contribution is 2.25. The molecule has 0 radical (unpaired) electrons. The Morgan fingerprint density at radius 3 is 1.05 bits per heavy atom. The molecule has 0 spiro atoms. The molecule has 0 aliphatic heterocycles. The molecule has 6 N–H and O–H groups in total. The van der Waals surface area contributed by atoms with Crippen LogP contribution in [0.4, 0.5) is 0 Å². The molecule has 0 bridgehead atoms. The molecule has 2 rings (SSSR count). The minimum absolute atomic E-state index is 0. The summed E-state index contributed by atoms with van der Waals surface area (Å²) >= 11 is 0. The van der Waals surface area contributed by atoms with Crippen LogP contribution in [-0.4, -0.2) is 33.5 Å². The molecule has 4 nitrogen and oxygen atoms in total. The van der Waals surface area contributed by atoms with E-state index >= 15 is 0 Å². The van der Waals surface area contributed by atoms with Gasteiger partial charge >= 0.3 is 0 Å². The number of rotatable bonds is 0. The van der Waals surface area contributed by atoms with Crippen molar-refractivity contribution in [3.63, 3.8) is 0 Å². The Bertz CT molecular complexity index is 218. The third kappa shape index (κ3) is 9.37.